The molecule has 0 atom stereocenters. The Labute approximate surface area is 191 Å². The van der Waals surface area contributed by atoms with E-state index in [9.17, 15) is 8.78 Å². The smallest absolute Gasteiger partial charge is 0.149 e. The standard InChI is InChI=1S/C27H24F2N2O2/c1-27(2,17-3-7-19(8-4-17)32-21-11-13-25(30)23(28)15-21)18-5-9-20(10-6-18)33-22-12-14-26(31)24(29)16-22/h3-16H,30-31H2,1-2H3. The summed E-state index contributed by atoms with van der Waals surface area (Å²) in [6.07, 6.45) is 0. The number of nitrogen functional groups attached to an aromatic ring is 2. The minimum Gasteiger partial charge on any atom is -0.457 e. The number of ether oxygens (including phenoxy) is 2. The van der Waals surface area contributed by atoms with Crippen molar-refractivity contribution in [2.75, 3.05) is 11.5 Å². The fourth-order valence-corrected chi connectivity index (χ4v) is 3.46. The second-order valence-electron chi connectivity index (χ2n) is 8.24. The number of rotatable bonds is 6. The van der Waals surface area contributed by atoms with Gasteiger partial charge in [-0.05, 0) is 59.7 Å². The van der Waals surface area contributed by atoms with Crippen LogP contribution in [0.4, 0.5) is 20.2 Å². The zero-order valence-electron chi connectivity index (χ0n) is 18.3. The van der Waals surface area contributed by atoms with Gasteiger partial charge in [0.25, 0.3) is 0 Å². The van der Waals surface area contributed by atoms with Crippen LogP contribution in [0.5, 0.6) is 23.0 Å². The van der Waals surface area contributed by atoms with Gasteiger partial charge in [0.05, 0.1) is 11.4 Å². The Morgan fingerprint density at radius 1 is 0.545 bits per heavy atom. The van der Waals surface area contributed by atoms with E-state index in [0.717, 1.165) is 11.1 Å². The van der Waals surface area contributed by atoms with Crippen LogP contribution in [-0.4, -0.2) is 0 Å². The van der Waals surface area contributed by atoms with Crippen molar-refractivity contribution in [3.63, 3.8) is 0 Å². The van der Waals surface area contributed by atoms with Crippen molar-refractivity contribution in [2.45, 2.75) is 19.3 Å². The molecular formula is C27H24F2N2O2. The molecule has 4 aromatic rings. The van der Waals surface area contributed by atoms with Gasteiger partial charge >= 0.3 is 0 Å². The van der Waals surface area contributed by atoms with E-state index in [1.54, 1.807) is 12.1 Å². The van der Waals surface area contributed by atoms with E-state index in [-0.39, 0.29) is 16.8 Å². The molecule has 0 saturated carbocycles. The first-order chi connectivity index (χ1) is 15.7. The summed E-state index contributed by atoms with van der Waals surface area (Å²) in [5.74, 6) is 0.922. The van der Waals surface area contributed by atoms with Gasteiger partial charge in [-0.3, -0.25) is 0 Å². The highest BCUT2D eigenvalue weighted by atomic mass is 19.1. The van der Waals surface area contributed by atoms with Crippen molar-refractivity contribution in [3.05, 3.63) is 108 Å². The van der Waals surface area contributed by atoms with Crippen LogP contribution in [0.15, 0.2) is 84.9 Å². The normalized spacial score (nSPS) is 11.3. The molecule has 0 spiro atoms. The Morgan fingerprint density at radius 3 is 1.21 bits per heavy atom. The molecule has 168 valence electrons. The zero-order chi connectivity index (χ0) is 23.6. The van der Waals surface area contributed by atoms with Gasteiger partial charge in [-0.25, -0.2) is 8.78 Å². The minimum atomic E-state index is -0.515. The number of hydrogen-bond donors (Lipinski definition) is 2. The average Bonchev–Trinajstić information content (AvgIpc) is 2.80. The molecule has 4 aromatic carbocycles. The summed E-state index contributed by atoms with van der Waals surface area (Å²) in [4.78, 5) is 0. The van der Waals surface area contributed by atoms with E-state index in [4.69, 9.17) is 20.9 Å². The Bertz CT molecular complexity index is 1170. The lowest BCUT2D eigenvalue weighted by molar-refractivity contribution is 0.476. The molecule has 0 unspecified atom stereocenters. The molecule has 0 fully saturated rings. The molecule has 0 amide bonds. The minimum absolute atomic E-state index is 0.0801. The van der Waals surface area contributed by atoms with Crippen LogP contribution in [0.25, 0.3) is 0 Å². The third kappa shape index (κ3) is 4.90. The second-order valence-corrected chi connectivity index (χ2v) is 8.24. The lowest BCUT2D eigenvalue weighted by atomic mass is 9.78. The quantitative estimate of drug-likeness (QED) is 0.312. The van der Waals surface area contributed by atoms with Gasteiger partial charge in [0.1, 0.15) is 34.6 Å². The highest BCUT2D eigenvalue weighted by Gasteiger charge is 2.23. The molecule has 0 heterocycles. The SMILES string of the molecule is CC(C)(c1ccc(Oc2ccc(N)c(F)c2)cc1)c1ccc(Oc2ccc(N)c(F)c2)cc1. The summed E-state index contributed by atoms with van der Waals surface area (Å²) in [5.41, 5.74) is 13.0. The van der Waals surface area contributed by atoms with Gasteiger partial charge in [0.2, 0.25) is 0 Å². The Morgan fingerprint density at radius 2 is 0.879 bits per heavy atom. The van der Waals surface area contributed by atoms with Crippen LogP contribution in [0.1, 0.15) is 25.0 Å². The summed E-state index contributed by atoms with van der Waals surface area (Å²) >= 11 is 0. The molecule has 0 aromatic heterocycles. The van der Waals surface area contributed by atoms with Gasteiger partial charge < -0.3 is 20.9 Å². The van der Waals surface area contributed by atoms with E-state index in [0.29, 0.717) is 23.0 Å². The maximum Gasteiger partial charge on any atom is 0.149 e. The van der Waals surface area contributed by atoms with Gasteiger partial charge in [-0.1, -0.05) is 38.1 Å². The zero-order valence-corrected chi connectivity index (χ0v) is 18.3. The van der Waals surface area contributed by atoms with Crippen molar-refractivity contribution in [1.29, 1.82) is 0 Å². The third-order valence-corrected chi connectivity index (χ3v) is 5.57. The monoisotopic (exact) mass is 446 g/mol. The van der Waals surface area contributed by atoms with Crippen LogP contribution in [-0.2, 0) is 5.41 Å². The topological polar surface area (TPSA) is 70.5 Å². The largest absolute Gasteiger partial charge is 0.457 e. The van der Waals surface area contributed by atoms with Crippen LogP contribution < -0.4 is 20.9 Å². The van der Waals surface area contributed by atoms with Crippen molar-refractivity contribution in [3.8, 4) is 23.0 Å². The molecule has 0 aliphatic heterocycles. The molecule has 0 saturated heterocycles. The third-order valence-electron chi connectivity index (χ3n) is 5.57. The number of hydrogen-bond acceptors (Lipinski definition) is 4. The molecule has 0 aliphatic carbocycles. The summed E-state index contributed by atoms with van der Waals surface area (Å²) < 4.78 is 38.7. The maximum atomic E-state index is 13.6. The fourth-order valence-electron chi connectivity index (χ4n) is 3.46. The molecule has 0 aliphatic rings. The second kappa shape index (κ2) is 8.82. The highest BCUT2D eigenvalue weighted by molar-refractivity contribution is 5.47. The highest BCUT2D eigenvalue weighted by Crippen LogP contribution is 2.35. The van der Waals surface area contributed by atoms with Crippen LogP contribution >= 0.6 is 0 Å². The van der Waals surface area contributed by atoms with Gasteiger partial charge in [0, 0.05) is 17.5 Å². The van der Waals surface area contributed by atoms with Crippen LogP contribution in [0.2, 0.25) is 0 Å². The Hall–Kier alpha value is -4.06. The molecule has 6 heteroatoms. The molecule has 4 nitrogen and oxygen atoms in total. The lowest BCUT2D eigenvalue weighted by Gasteiger charge is -2.26. The first-order valence-corrected chi connectivity index (χ1v) is 10.4. The first kappa shape index (κ1) is 22.1. The summed E-state index contributed by atoms with van der Waals surface area (Å²) in [6.45, 7) is 4.23. The van der Waals surface area contributed by atoms with E-state index < -0.39 is 11.6 Å². The molecule has 0 radical (unpaired) electrons. The molecular weight excluding hydrogens is 422 g/mol. The van der Waals surface area contributed by atoms with E-state index in [2.05, 4.69) is 13.8 Å². The van der Waals surface area contributed by atoms with E-state index in [1.807, 2.05) is 48.5 Å². The van der Waals surface area contributed by atoms with E-state index in [1.165, 1.54) is 24.3 Å². The molecule has 4 N–H and O–H groups in total. The summed E-state index contributed by atoms with van der Waals surface area (Å²) in [7, 11) is 0. The molecule has 0 bridgehead atoms. The van der Waals surface area contributed by atoms with Crippen molar-refractivity contribution < 1.29 is 18.3 Å². The average molecular weight is 446 g/mol. The Balaban J connectivity index is 1.47. The van der Waals surface area contributed by atoms with Crippen LogP contribution in [0, 0.1) is 11.6 Å². The van der Waals surface area contributed by atoms with Gasteiger partial charge in [0.15, 0.2) is 0 Å². The van der Waals surface area contributed by atoms with Gasteiger partial charge in [-0.2, -0.15) is 0 Å². The fraction of sp³-hybridized carbons (Fsp3) is 0.111. The number of benzene rings is 4. The van der Waals surface area contributed by atoms with Crippen molar-refractivity contribution >= 4 is 11.4 Å². The Kier molecular flexibility index (Phi) is 5.92. The molecule has 4 rings (SSSR count). The van der Waals surface area contributed by atoms with Crippen molar-refractivity contribution in [1.82, 2.24) is 0 Å². The maximum absolute atomic E-state index is 13.6. The summed E-state index contributed by atoms with van der Waals surface area (Å²) in [5, 5.41) is 0. The lowest BCUT2D eigenvalue weighted by Crippen LogP contribution is -2.18. The summed E-state index contributed by atoms with van der Waals surface area (Å²) in [6, 6.07) is 24.0. The first-order valence-electron chi connectivity index (χ1n) is 10.4. The predicted octanol–water partition coefficient (Wildman–Crippen LogP) is 7.04. The number of nitrogens with two attached hydrogens (primary N) is 2. The van der Waals surface area contributed by atoms with Crippen LogP contribution in [0.3, 0.4) is 0 Å². The van der Waals surface area contributed by atoms with Gasteiger partial charge in [-0.15, -0.1) is 0 Å². The number of halogens is 2. The molecule has 33 heavy (non-hydrogen) atoms. The predicted molar refractivity (Wildman–Crippen MR) is 127 cm³/mol. The van der Waals surface area contributed by atoms with Crippen molar-refractivity contribution in [2.24, 2.45) is 0 Å². The number of anilines is 2. The van der Waals surface area contributed by atoms with E-state index >= 15 is 0 Å².